The lowest BCUT2D eigenvalue weighted by atomic mass is 10.1. The van der Waals surface area contributed by atoms with E-state index in [1.165, 1.54) is 18.2 Å². The number of hydrogen-bond donors (Lipinski definition) is 1. The molecular weight excluding hydrogens is 313 g/mol. The summed E-state index contributed by atoms with van der Waals surface area (Å²) in [5.41, 5.74) is 6.91. The van der Waals surface area contributed by atoms with Crippen LogP contribution in [0.1, 0.15) is 11.6 Å². The number of benzene rings is 2. The van der Waals surface area contributed by atoms with Gasteiger partial charge in [-0.3, -0.25) is 4.21 Å². The van der Waals surface area contributed by atoms with Gasteiger partial charge < -0.3 is 10.5 Å². The summed E-state index contributed by atoms with van der Waals surface area (Å²) in [6.45, 7) is 0. The monoisotopic (exact) mass is 327 g/mol. The molecule has 0 aliphatic rings. The van der Waals surface area contributed by atoms with Gasteiger partial charge in [0, 0.05) is 16.7 Å². The van der Waals surface area contributed by atoms with Gasteiger partial charge in [-0.15, -0.1) is 0 Å². The molecule has 0 radical (unpaired) electrons. The van der Waals surface area contributed by atoms with E-state index in [9.17, 15) is 8.60 Å². The summed E-state index contributed by atoms with van der Waals surface area (Å²) >= 11 is 5.69. The maximum atomic E-state index is 13.1. The molecule has 2 aromatic rings. The minimum absolute atomic E-state index is 0.0427. The molecule has 2 atom stereocenters. The van der Waals surface area contributed by atoms with Crippen LogP contribution in [-0.4, -0.2) is 17.1 Å². The number of methoxy groups -OCH3 is 1. The highest BCUT2D eigenvalue weighted by atomic mass is 35.5. The van der Waals surface area contributed by atoms with Gasteiger partial charge in [-0.2, -0.15) is 0 Å². The zero-order valence-electron chi connectivity index (χ0n) is 11.4. The Morgan fingerprint density at radius 2 is 1.95 bits per heavy atom. The molecule has 0 amide bonds. The molecule has 21 heavy (non-hydrogen) atoms. The predicted octanol–water partition coefficient (Wildman–Crippen LogP) is 3.30. The van der Waals surface area contributed by atoms with E-state index < -0.39 is 16.6 Å². The molecule has 0 heterocycles. The molecule has 0 aliphatic carbocycles. The molecule has 0 spiro atoms. The van der Waals surface area contributed by atoms with Crippen molar-refractivity contribution in [3.8, 4) is 5.75 Å². The van der Waals surface area contributed by atoms with Gasteiger partial charge in [-0.1, -0.05) is 23.7 Å². The third kappa shape index (κ3) is 4.03. The van der Waals surface area contributed by atoms with Crippen molar-refractivity contribution in [1.82, 2.24) is 0 Å². The predicted molar refractivity (Wildman–Crippen MR) is 82.6 cm³/mol. The van der Waals surface area contributed by atoms with E-state index in [1.807, 2.05) is 12.1 Å². The van der Waals surface area contributed by atoms with Crippen LogP contribution >= 0.6 is 11.6 Å². The molecule has 6 heteroatoms. The van der Waals surface area contributed by atoms with Crippen LogP contribution in [0.2, 0.25) is 5.02 Å². The molecule has 3 nitrogen and oxygen atoms in total. The van der Waals surface area contributed by atoms with Crippen molar-refractivity contribution in [2.45, 2.75) is 10.9 Å². The van der Waals surface area contributed by atoms with Crippen LogP contribution in [0, 0.1) is 5.82 Å². The second kappa shape index (κ2) is 7.02. The van der Waals surface area contributed by atoms with Crippen LogP contribution in [0.3, 0.4) is 0 Å². The Hall–Kier alpha value is -1.43. The van der Waals surface area contributed by atoms with Crippen molar-refractivity contribution < 1.29 is 13.3 Å². The maximum absolute atomic E-state index is 13.1. The zero-order chi connectivity index (χ0) is 15.4. The highest BCUT2D eigenvalue weighted by Gasteiger charge is 2.13. The van der Waals surface area contributed by atoms with Gasteiger partial charge in [0.05, 0.1) is 22.9 Å². The summed E-state index contributed by atoms with van der Waals surface area (Å²) in [6, 6.07) is 10.9. The average Bonchev–Trinajstić information content (AvgIpc) is 2.50. The topological polar surface area (TPSA) is 52.3 Å². The zero-order valence-corrected chi connectivity index (χ0v) is 13.0. The summed E-state index contributed by atoms with van der Waals surface area (Å²) in [5, 5.41) is -0.0427. The van der Waals surface area contributed by atoms with Gasteiger partial charge in [0.2, 0.25) is 0 Å². The fraction of sp³-hybridized carbons (Fsp3) is 0.200. The van der Waals surface area contributed by atoms with Crippen LogP contribution in [-0.2, 0) is 10.8 Å². The first-order chi connectivity index (χ1) is 10.0. The first-order valence-electron chi connectivity index (χ1n) is 6.24. The van der Waals surface area contributed by atoms with Crippen LogP contribution in [0.15, 0.2) is 47.4 Å². The first kappa shape index (κ1) is 15.9. The Morgan fingerprint density at radius 3 is 2.52 bits per heavy atom. The number of hydrogen-bond acceptors (Lipinski definition) is 3. The highest BCUT2D eigenvalue weighted by molar-refractivity contribution is 7.85. The minimum atomic E-state index is -1.35. The minimum Gasteiger partial charge on any atom is -0.497 e. The van der Waals surface area contributed by atoms with Crippen LogP contribution in [0.4, 0.5) is 4.39 Å². The molecule has 2 unspecified atom stereocenters. The van der Waals surface area contributed by atoms with Gasteiger partial charge in [0.25, 0.3) is 0 Å². The number of ether oxygens (including phenoxy) is 1. The SMILES string of the molecule is COc1ccc(C(N)CS(=O)c2ccc(F)c(Cl)c2)cc1. The van der Waals surface area contributed by atoms with Crippen molar-refractivity contribution in [2.75, 3.05) is 12.9 Å². The molecule has 2 N–H and O–H groups in total. The van der Waals surface area contributed by atoms with E-state index >= 15 is 0 Å². The van der Waals surface area contributed by atoms with Crippen molar-refractivity contribution in [3.63, 3.8) is 0 Å². The second-order valence-electron chi connectivity index (χ2n) is 4.47. The lowest BCUT2D eigenvalue weighted by Crippen LogP contribution is -2.18. The lowest BCUT2D eigenvalue weighted by Gasteiger charge is -2.12. The van der Waals surface area contributed by atoms with Gasteiger partial charge in [-0.05, 0) is 35.9 Å². The molecule has 0 saturated heterocycles. The molecule has 0 saturated carbocycles. The largest absolute Gasteiger partial charge is 0.497 e. The molecule has 0 bridgehead atoms. The molecule has 112 valence electrons. The Bertz CT molecular complexity index is 649. The first-order valence-corrected chi connectivity index (χ1v) is 7.94. The standard InChI is InChI=1S/C15H15ClFNO2S/c1-20-11-4-2-10(3-5-11)15(18)9-21(19)12-6-7-14(17)13(16)8-12/h2-8,15H,9,18H2,1H3. The Balaban J connectivity index is 2.08. The maximum Gasteiger partial charge on any atom is 0.141 e. The van der Waals surface area contributed by atoms with Gasteiger partial charge >= 0.3 is 0 Å². The van der Waals surface area contributed by atoms with Gasteiger partial charge in [-0.25, -0.2) is 4.39 Å². The average molecular weight is 328 g/mol. The summed E-state index contributed by atoms with van der Waals surface area (Å²) in [5.74, 6) is 0.433. The number of rotatable bonds is 5. The van der Waals surface area contributed by atoms with E-state index in [-0.39, 0.29) is 16.8 Å². The number of halogens is 2. The molecule has 0 aliphatic heterocycles. The summed E-state index contributed by atoms with van der Waals surface area (Å²) in [4.78, 5) is 0.463. The fourth-order valence-corrected chi connectivity index (χ4v) is 3.25. The number of nitrogens with two attached hydrogens (primary N) is 1. The lowest BCUT2D eigenvalue weighted by molar-refractivity contribution is 0.414. The molecule has 0 aromatic heterocycles. The van der Waals surface area contributed by atoms with Crippen molar-refractivity contribution in [2.24, 2.45) is 5.73 Å². The smallest absolute Gasteiger partial charge is 0.141 e. The van der Waals surface area contributed by atoms with Crippen molar-refractivity contribution in [1.29, 1.82) is 0 Å². The third-order valence-electron chi connectivity index (χ3n) is 3.03. The van der Waals surface area contributed by atoms with E-state index in [0.29, 0.717) is 4.90 Å². The second-order valence-corrected chi connectivity index (χ2v) is 6.37. The molecule has 2 rings (SSSR count). The molecular formula is C15H15ClFNO2S. The van der Waals surface area contributed by atoms with E-state index in [4.69, 9.17) is 22.1 Å². The van der Waals surface area contributed by atoms with Gasteiger partial charge in [0.15, 0.2) is 0 Å². The highest BCUT2D eigenvalue weighted by Crippen LogP contribution is 2.22. The van der Waals surface area contributed by atoms with Crippen LogP contribution in [0.5, 0.6) is 5.75 Å². The summed E-state index contributed by atoms with van der Waals surface area (Å²) in [6.07, 6.45) is 0. The van der Waals surface area contributed by atoms with Crippen LogP contribution in [0.25, 0.3) is 0 Å². The van der Waals surface area contributed by atoms with Crippen molar-refractivity contribution >= 4 is 22.4 Å². The Kier molecular flexibility index (Phi) is 5.33. The van der Waals surface area contributed by atoms with Gasteiger partial charge in [0.1, 0.15) is 11.6 Å². The van der Waals surface area contributed by atoms with E-state index in [1.54, 1.807) is 19.2 Å². The summed E-state index contributed by atoms with van der Waals surface area (Å²) < 4.78 is 30.4. The summed E-state index contributed by atoms with van der Waals surface area (Å²) in [7, 11) is 0.239. The van der Waals surface area contributed by atoms with E-state index in [0.717, 1.165) is 11.3 Å². The quantitative estimate of drug-likeness (QED) is 0.916. The Morgan fingerprint density at radius 1 is 1.29 bits per heavy atom. The molecule has 0 fully saturated rings. The van der Waals surface area contributed by atoms with Crippen LogP contribution < -0.4 is 10.5 Å². The normalized spacial score (nSPS) is 13.7. The van der Waals surface area contributed by atoms with Crippen molar-refractivity contribution in [3.05, 3.63) is 58.9 Å². The Labute approximate surface area is 130 Å². The third-order valence-corrected chi connectivity index (χ3v) is 4.76. The fourth-order valence-electron chi connectivity index (χ4n) is 1.83. The van der Waals surface area contributed by atoms with E-state index in [2.05, 4.69) is 0 Å². The molecule has 2 aromatic carbocycles.